The van der Waals surface area contributed by atoms with Crippen molar-refractivity contribution < 1.29 is 9.21 Å². The lowest BCUT2D eigenvalue weighted by molar-refractivity contribution is -0.122. The zero-order chi connectivity index (χ0) is 11.3. The Morgan fingerprint density at radius 3 is 2.87 bits per heavy atom. The maximum Gasteiger partial charge on any atom is 0.228 e. The van der Waals surface area contributed by atoms with Crippen LogP contribution in [0.25, 0.3) is 0 Å². The molecule has 82 valence electrons. The molecule has 0 bridgehead atoms. The molecular weight excluding hydrogens is 212 g/mol. The van der Waals surface area contributed by atoms with Gasteiger partial charge in [0.2, 0.25) is 5.91 Å². The summed E-state index contributed by atoms with van der Waals surface area (Å²) in [6.45, 7) is 4.10. The normalized spacial score (nSPS) is 10.1. The van der Waals surface area contributed by atoms with Crippen molar-refractivity contribution in [2.45, 2.75) is 20.4 Å². The fourth-order valence-corrected chi connectivity index (χ4v) is 1.05. The number of thiocarbonyl (C=S) groups is 1. The molecule has 1 aromatic heterocycles. The van der Waals surface area contributed by atoms with E-state index in [-0.39, 0.29) is 11.8 Å². The first-order chi connectivity index (χ1) is 7.09. The Labute approximate surface area is 94.0 Å². The second kappa shape index (κ2) is 5.50. The number of carbonyl (C=O) groups excluding carboxylic acids is 1. The Kier molecular flexibility index (Phi) is 4.30. The quantitative estimate of drug-likeness (QED) is 0.765. The van der Waals surface area contributed by atoms with Gasteiger partial charge in [0.25, 0.3) is 0 Å². The first-order valence-corrected chi connectivity index (χ1v) is 5.11. The highest BCUT2D eigenvalue weighted by atomic mass is 32.1. The molecule has 0 unspecified atom stereocenters. The molecule has 0 saturated heterocycles. The third-order valence-corrected chi connectivity index (χ3v) is 2.01. The van der Waals surface area contributed by atoms with Gasteiger partial charge in [0.15, 0.2) is 5.11 Å². The molecule has 4 nitrogen and oxygen atoms in total. The molecule has 0 spiro atoms. The zero-order valence-electron chi connectivity index (χ0n) is 8.74. The summed E-state index contributed by atoms with van der Waals surface area (Å²) in [6.07, 6.45) is 1.59. The highest BCUT2D eigenvalue weighted by Gasteiger charge is 2.08. The maximum absolute atomic E-state index is 11.3. The molecule has 1 aromatic rings. The van der Waals surface area contributed by atoms with E-state index >= 15 is 0 Å². The molecule has 1 rings (SSSR count). The lowest BCUT2D eigenvalue weighted by Gasteiger charge is -2.09. The van der Waals surface area contributed by atoms with Crippen molar-refractivity contribution >= 4 is 23.2 Å². The largest absolute Gasteiger partial charge is 0.467 e. The monoisotopic (exact) mass is 226 g/mol. The fourth-order valence-electron chi connectivity index (χ4n) is 0.881. The predicted molar refractivity (Wildman–Crippen MR) is 61.1 cm³/mol. The molecule has 5 heteroatoms. The minimum absolute atomic E-state index is 0.0756. The van der Waals surface area contributed by atoms with Crippen LogP contribution in [0.3, 0.4) is 0 Å². The van der Waals surface area contributed by atoms with Crippen molar-refractivity contribution in [2.75, 3.05) is 0 Å². The van der Waals surface area contributed by atoms with Crippen LogP contribution in [0.1, 0.15) is 19.6 Å². The van der Waals surface area contributed by atoms with Gasteiger partial charge in [-0.2, -0.15) is 0 Å². The maximum atomic E-state index is 11.3. The highest BCUT2D eigenvalue weighted by Crippen LogP contribution is 1.98. The van der Waals surface area contributed by atoms with E-state index in [1.54, 1.807) is 12.3 Å². The molecule has 0 aliphatic carbocycles. The molecule has 0 radical (unpaired) electrons. The smallest absolute Gasteiger partial charge is 0.228 e. The van der Waals surface area contributed by atoms with E-state index in [4.69, 9.17) is 16.6 Å². The minimum atomic E-state index is -0.0908. The lowest BCUT2D eigenvalue weighted by atomic mass is 10.2. The summed E-state index contributed by atoms with van der Waals surface area (Å²) in [5.41, 5.74) is 0. The third kappa shape index (κ3) is 4.12. The van der Waals surface area contributed by atoms with Gasteiger partial charge in [-0.3, -0.25) is 4.79 Å². The molecule has 1 heterocycles. The van der Waals surface area contributed by atoms with Crippen LogP contribution in [-0.4, -0.2) is 11.0 Å². The van der Waals surface area contributed by atoms with Crippen LogP contribution >= 0.6 is 12.2 Å². The second-order valence-electron chi connectivity index (χ2n) is 3.41. The Bertz CT molecular complexity index is 333. The van der Waals surface area contributed by atoms with Crippen LogP contribution < -0.4 is 10.6 Å². The van der Waals surface area contributed by atoms with Crippen LogP contribution in [0.5, 0.6) is 0 Å². The van der Waals surface area contributed by atoms with E-state index < -0.39 is 0 Å². The molecule has 0 saturated carbocycles. The van der Waals surface area contributed by atoms with Crippen molar-refractivity contribution in [3.05, 3.63) is 24.2 Å². The van der Waals surface area contributed by atoms with Gasteiger partial charge in [-0.15, -0.1) is 0 Å². The third-order valence-electron chi connectivity index (χ3n) is 1.76. The number of rotatable bonds is 3. The molecule has 0 fully saturated rings. The van der Waals surface area contributed by atoms with E-state index in [1.807, 2.05) is 19.9 Å². The molecular formula is C10H14N2O2S. The van der Waals surface area contributed by atoms with Crippen molar-refractivity contribution in [1.29, 1.82) is 0 Å². The molecule has 0 aromatic carbocycles. The molecule has 0 aliphatic rings. The van der Waals surface area contributed by atoms with Gasteiger partial charge in [0.05, 0.1) is 12.8 Å². The first kappa shape index (κ1) is 11.7. The zero-order valence-corrected chi connectivity index (χ0v) is 9.56. The summed E-state index contributed by atoms with van der Waals surface area (Å²) in [4.78, 5) is 11.3. The van der Waals surface area contributed by atoms with Gasteiger partial charge >= 0.3 is 0 Å². The highest BCUT2D eigenvalue weighted by molar-refractivity contribution is 7.80. The van der Waals surface area contributed by atoms with Gasteiger partial charge in [0.1, 0.15) is 5.76 Å². The number of hydrogen-bond acceptors (Lipinski definition) is 3. The standard InChI is InChI=1S/C10H14N2O2S/c1-7(2)9(13)12-10(15)11-6-8-4-3-5-14-8/h3-5,7H,6H2,1-2H3,(H2,11,12,13,15). The first-order valence-electron chi connectivity index (χ1n) is 4.70. The van der Waals surface area contributed by atoms with Crippen LogP contribution in [0, 0.1) is 5.92 Å². The van der Waals surface area contributed by atoms with Crippen molar-refractivity contribution in [3.63, 3.8) is 0 Å². The van der Waals surface area contributed by atoms with Gasteiger partial charge in [-0.1, -0.05) is 13.8 Å². The number of hydrogen-bond donors (Lipinski definition) is 2. The molecule has 2 N–H and O–H groups in total. The van der Waals surface area contributed by atoms with E-state index in [9.17, 15) is 4.79 Å². The summed E-state index contributed by atoms with van der Waals surface area (Å²) in [6, 6.07) is 3.63. The SMILES string of the molecule is CC(C)C(=O)NC(=S)NCc1ccco1. The average Bonchev–Trinajstić information content (AvgIpc) is 2.66. The summed E-state index contributed by atoms with van der Waals surface area (Å²) >= 11 is 4.94. The minimum Gasteiger partial charge on any atom is -0.467 e. The predicted octanol–water partition coefficient (Wildman–Crippen LogP) is 1.43. The molecule has 0 aliphatic heterocycles. The van der Waals surface area contributed by atoms with Crippen LogP contribution in [0.15, 0.2) is 22.8 Å². The van der Waals surface area contributed by atoms with Gasteiger partial charge in [-0.25, -0.2) is 0 Å². The molecule has 0 atom stereocenters. The molecule has 1 amide bonds. The Balaban J connectivity index is 2.28. The summed E-state index contributed by atoms with van der Waals surface area (Å²) < 4.78 is 5.10. The van der Waals surface area contributed by atoms with Gasteiger partial charge in [-0.05, 0) is 24.4 Å². The Morgan fingerprint density at radius 2 is 2.33 bits per heavy atom. The number of nitrogens with one attached hydrogen (secondary N) is 2. The Morgan fingerprint density at radius 1 is 1.60 bits per heavy atom. The summed E-state index contributed by atoms with van der Waals surface area (Å²) in [5, 5.41) is 5.78. The number of furan rings is 1. The number of amides is 1. The average molecular weight is 226 g/mol. The van der Waals surface area contributed by atoms with Crippen molar-refractivity contribution in [3.8, 4) is 0 Å². The number of carbonyl (C=O) groups is 1. The topological polar surface area (TPSA) is 54.3 Å². The van der Waals surface area contributed by atoms with E-state index in [1.165, 1.54) is 0 Å². The van der Waals surface area contributed by atoms with Crippen LogP contribution in [0.2, 0.25) is 0 Å². The lowest BCUT2D eigenvalue weighted by Crippen LogP contribution is -2.40. The van der Waals surface area contributed by atoms with Crippen molar-refractivity contribution in [2.24, 2.45) is 5.92 Å². The summed E-state index contributed by atoms with van der Waals surface area (Å²) in [7, 11) is 0. The fraction of sp³-hybridized carbons (Fsp3) is 0.400. The van der Waals surface area contributed by atoms with E-state index in [0.29, 0.717) is 11.7 Å². The molecule has 15 heavy (non-hydrogen) atoms. The van der Waals surface area contributed by atoms with E-state index in [2.05, 4.69) is 10.6 Å². The van der Waals surface area contributed by atoms with Gasteiger partial charge in [0, 0.05) is 5.92 Å². The van der Waals surface area contributed by atoms with Gasteiger partial charge < -0.3 is 15.1 Å². The van der Waals surface area contributed by atoms with Crippen molar-refractivity contribution in [1.82, 2.24) is 10.6 Å². The van der Waals surface area contributed by atoms with Crippen LogP contribution in [-0.2, 0) is 11.3 Å². The van der Waals surface area contributed by atoms with Crippen LogP contribution in [0.4, 0.5) is 0 Å². The summed E-state index contributed by atoms with van der Waals surface area (Å²) in [5.74, 6) is 0.608. The second-order valence-corrected chi connectivity index (χ2v) is 3.81. The Hall–Kier alpha value is -1.36. The van der Waals surface area contributed by atoms with E-state index in [0.717, 1.165) is 5.76 Å².